The highest BCUT2D eigenvalue weighted by Gasteiger charge is 2.08. The zero-order chi connectivity index (χ0) is 15.8. The fourth-order valence-corrected chi connectivity index (χ4v) is 2.57. The Morgan fingerprint density at radius 3 is 2.86 bits per heavy atom. The van der Waals surface area contributed by atoms with Crippen LogP contribution in [0.2, 0.25) is 5.02 Å². The Labute approximate surface area is 137 Å². The monoisotopic (exact) mass is 338 g/mol. The number of esters is 1. The van der Waals surface area contributed by atoms with Crippen molar-refractivity contribution in [2.75, 3.05) is 11.9 Å². The van der Waals surface area contributed by atoms with E-state index in [0.29, 0.717) is 23.7 Å². The van der Waals surface area contributed by atoms with Crippen molar-refractivity contribution in [3.63, 3.8) is 0 Å². The van der Waals surface area contributed by atoms with Gasteiger partial charge in [-0.05, 0) is 36.4 Å². The molecule has 0 saturated carbocycles. The smallest absolute Gasteiger partial charge is 0.306 e. The van der Waals surface area contributed by atoms with Crippen LogP contribution in [0.25, 0.3) is 0 Å². The summed E-state index contributed by atoms with van der Waals surface area (Å²) in [6.45, 7) is -0.317. The van der Waals surface area contributed by atoms with E-state index in [1.165, 1.54) is 11.1 Å². The highest BCUT2D eigenvalue weighted by Crippen LogP contribution is 2.12. The van der Waals surface area contributed by atoms with Crippen LogP contribution in [0.15, 0.2) is 35.8 Å². The van der Waals surface area contributed by atoms with E-state index in [9.17, 15) is 9.59 Å². The summed E-state index contributed by atoms with van der Waals surface area (Å²) < 4.78 is 4.92. The van der Waals surface area contributed by atoms with Gasteiger partial charge >= 0.3 is 5.97 Å². The number of nitrogens with zero attached hydrogens (tertiary/aromatic N) is 1. The van der Waals surface area contributed by atoms with Crippen molar-refractivity contribution in [1.82, 2.24) is 4.98 Å². The molecule has 0 radical (unpaired) electrons. The highest BCUT2D eigenvalue weighted by atomic mass is 35.5. The van der Waals surface area contributed by atoms with Crippen molar-refractivity contribution in [2.45, 2.75) is 19.3 Å². The molecule has 2 rings (SSSR count). The summed E-state index contributed by atoms with van der Waals surface area (Å²) >= 11 is 7.36. The first kappa shape index (κ1) is 16.5. The zero-order valence-electron chi connectivity index (χ0n) is 11.8. The molecule has 22 heavy (non-hydrogen) atoms. The summed E-state index contributed by atoms with van der Waals surface area (Å²) in [4.78, 5) is 28.3. The molecule has 7 heteroatoms. The number of aromatic nitrogens is 1. The van der Waals surface area contributed by atoms with Crippen molar-refractivity contribution >= 4 is 40.6 Å². The van der Waals surface area contributed by atoms with E-state index < -0.39 is 5.91 Å². The minimum Gasteiger partial charge on any atom is -0.456 e. The highest BCUT2D eigenvalue weighted by molar-refractivity contribution is 7.09. The molecule has 0 aliphatic rings. The van der Waals surface area contributed by atoms with Crippen molar-refractivity contribution in [3.8, 4) is 0 Å². The van der Waals surface area contributed by atoms with Gasteiger partial charge in [-0.3, -0.25) is 9.59 Å². The molecule has 2 heterocycles. The van der Waals surface area contributed by atoms with Gasteiger partial charge in [0.05, 0.1) is 5.02 Å². The van der Waals surface area contributed by atoms with Gasteiger partial charge in [0.25, 0.3) is 5.91 Å². The third-order valence-corrected chi connectivity index (χ3v) is 3.90. The molecule has 1 N–H and O–H groups in total. The number of hydrogen-bond donors (Lipinski definition) is 1. The van der Waals surface area contributed by atoms with Gasteiger partial charge in [-0.25, -0.2) is 4.98 Å². The molecule has 2 aromatic rings. The first-order chi connectivity index (χ1) is 10.6. The lowest BCUT2D eigenvalue weighted by Gasteiger charge is -2.06. The van der Waals surface area contributed by atoms with Gasteiger partial charge in [-0.2, -0.15) is 0 Å². The van der Waals surface area contributed by atoms with Crippen LogP contribution in [-0.4, -0.2) is 23.5 Å². The zero-order valence-corrected chi connectivity index (χ0v) is 13.3. The second-order valence-corrected chi connectivity index (χ2v) is 5.97. The van der Waals surface area contributed by atoms with Crippen LogP contribution in [0.1, 0.15) is 17.7 Å². The van der Waals surface area contributed by atoms with E-state index in [-0.39, 0.29) is 12.6 Å². The number of carbonyl (C=O) groups excluding carboxylic acids is 2. The maximum absolute atomic E-state index is 11.6. The van der Waals surface area contributed by atoms with Crippen LogP contribution in [0, 0.1) is 0 Å². The molecule has 0 unspecified atom stereocenters. The maximum atomic E-state index is 11.6. The number of halogens is 1. The minimum atomic E-state index is -0.429. The molecule has 0 atom stereocenters. The fraction of sp³-hybridized carbons (Fsp3) is 0.267. The van der Waals surface area contributed by atoms with Gasteiger partial charge in [0.1, 0.15) is 5.82 Å². The van der Waals surface area contributed by atoms with Crippen LogP contribution < -0.4 is 5.32 Å². The van der Waals surface area contributed by atoms with Crippen LogP contribution in [0.4, 0.5) is 5.82 Å². The third-order valence-electron chi connectivity index (χ3n) is 2.74. The van der Waals surface area contributed by atoms with Crippen molar-refractivity contribution < 1.29 is 14.3 Å². The second kappa shape index (κ2) is 8.51. The van der Waals surface area contributed by atoms with Gasteiger partial charge < -0.3 is 10.1 Å². The van der Waals surface area contributed by atoms with E-state index in [2.05, 4.69) is 10.3 Å². The number of pyridine rings is 1. The van der Waals surface area contributed by atoms with Crippen molar-refractivity contribution in [2.24, 2.45) is 0 Å². The lowest BCUT2D eigenvalue weighted by Crippen LogP contribution is -2.21. The minimum absolute atomic E-state index is 0.296. The second-order valence-electron chi connectivity index (χ2n) is 4.50. The van der Waals surface area contributed by atoms with E-state index in [4.69, 9.17) is 16.3 Å². The molecule has 5 nitrogen and oxygen atoms in total. The molecule has 0 spiro atoms. The average molecular weight is 339 g/mol. The van der Waals surface area contributed by atoms with E-state index in [1.807, 2.05) is 17.5 Å². The van der Waals surface area contributed by atoms with Gasteiger partial charge in [0, 0.05) is 17.5 Å². The Kier molecular flexibility index (Phi) is 6.36. The van der Waals surface area contributed by atoms with Gasteiger partial charge in [-0.15, -0.1) is 11.3 Å². The summed E-state index contributed by atoms with van der Waals surface area (Å²) in [7, 11) is 0. The number of amides is 1. The Morgan fingerprint density at radius 2 is 2.18 bits per heavy atom. The molecule has 0 aromatic carbocycles. The first-order valence-electron chi connectivity index (χ1n) is 6.73. The Bertz CT molecular complexity index is 614. The summed E-state index contributed by atoms with van der Waals surface area (Å²) in [5.41, 5.74) is 0. The topological polar surface area (TPSA) is 68.3 Å². The summed E-state index contributed by atoms with van der Waals surface area (Å²) in [5.74, 6) is -0.444. The SMILES string of the molecule is O=C(COC(=O)CCCc1cccs1)Nc1ccc(Cl)cn1. The first-order valence-corrected chi connectivity index (χ1v) is 7.98. The van der Waals surface area contributed by atoms with E-state index in [0.717, 1.165) is 6.42 Å². The van der Waals surface area contributed by atoms with Crippen molar-refractivity contribution in [3.05, 3.63) is 45.7 Å². The lowest BCUT2D eigenvalue weighted by atomic mass is 10.2. The van der Waals surface area contributed by atoms with Crippen molar-refractivity contribution in [1.29, 1.82) is 0 Å². The van der Waals surface area contributed by atoms with E-state index >= 15 is 0 Å². The number of carbonyl (C=O) groups is 2. The normalized spacial score (nSPS) is 10.2. The molecule has 1 amide bonds. The number of thiophene rings is 1. The third kappa shape index (κ3) is 5.83. The summed E-state index contributed by atoms with van der Waals surface area (Å²) in [5, 5.41) is 5.00. The van der Waals surface area contributed by atoms with Crippen LogP contribution in [-0.2, 0) is 20.7 Å². The lowest BCUT2D eigenvalue weighted by molar-refractivity contribution is -0.147. The van der Waals surface area contributed by atoms with Gasteiger partial charge in [-0.1, -0.05) is 17.7 Å². The number of aryl methyl sites for hydroxylation is 1. The standard InChI is InChI=1S/C15H15ClN2O3S/c16-11-6-7-13(17-9-11)18-14(19)10-21-15(20)5-1-3-12-4-2-8-22-12/h2,4,6-9H,1,3,5,10H2,(H,17,18,19). The number of ether oxygens (including phenoxy) is 1. The maximum Gasteiger partial charge on any atom is 0.306 e. The van der Waals surface area contributed by atoms with E-state index in [1.54, 1.807) is 23.5 Å². The molecule has 0 aliphatic heterocycles. The Balaban J connectivity index is 1.63. The molecule has 0 fully saturated rings. The Hall–Kier alpha value is -1.92. The molecule has 2 aromatic heterocycles. The van der Waals surface area contributed by atoms with Crippen LogP contribution in [0.3, 0.4) is 0 Å². The Morgan fingerprint density at radius 1 is 1.32 bits per heavy atom. The molecule has 0 aliphatic carbocycles. The summed E-state index contributed by atoms with van der Waals surface area (Å²) in [6, 6.07) is 7.19. The fourth-order valence-electron chi connectivity index (χ4n) is 1.71. The number of rotatable bonds is 7. The average Bonchev–Trinajstić information content (AvgIpc) is 3.01. The molecule has 0 saturated heterocycles. The predicted molar refractivity (Wildman–Crippen MR) is 86.1 cm³/mol. The molecular weight excluding hydrogens is 324 g/mol. The number of hydrogen-bond acceptors (Lipinski definition) is 5. The van der Waals surface area contributed by atoms with Crippen LogP contribution in [0.5, 0.6) is 0 Å². The summed E-state index contributed by atoms with van der Waals surface area (Å²) in [6.07, 6.45) is 3.27. The number of nitrogens with one attached hydrogen (secondary N) is 1. The predicted octanol–water partition coefficient (Wildman–Crippen LogP) is 3.30. The molecule has 0 bridgehead atoms. The van der Waals surface area contributed by atoms with Gasteiger partial charge in [0.15, 0.2) is 6.61 Å². The largest absolute Gasteiger partial charge is 0.456 e. The quantitative estimate of drug-likeness (QED) is 0.786. The van der Waals surface area contributed by atoms with Crippen LogP contribution >= 0.6 is 22.9 Å². The number of anilines is 1. The molecule has 116 valence electrons. The van der Waals surface area contributed by atoms with Gasteiger partial charge in [0.2, 0.25) is 0 Å². The molecular formula is C15H15ClN2O3S.